The molecule has 466 valence electrons. The Morgan fingerprint density at radius 1 is 0.378 bits per heavy atom. The van der Waals surface area contributed by atoms with Crippen molar-refractivity contribution >= 4 is 19.8 Å². The maximum Gasteiger partial charge on any atom is 0.472 e. The SMILES string of the molecule is CC/C=C\C/C=C\C/C=C\C/C=C\C/C=C\C/C=C\C/C=C\CCCC(=O)OC(COC(=O)CCCCCCCCCCCCCCCCCCCCC/C=C\C/C=C\C/C=C\C/C=C\C/C=C\CC)COP(=O)(O)OCC[N+](C)(C)C. The largest absolute Gasteiger partial charge is 0.472 e. The third-order valence-electron chi connectivity index (χ3n) is 13.4. The van der Waals surface area contributed by atoms with Crippen LogP contribution in [0.1, 0.15) is 245 Å². The van der Waals surface area contributed by atoms with Crippen LogP contribution in [-0.2, 0) is 32.7 Å². The fourth-order valence-electron chi connectivity index (χ4n) is 8.44. The molecule has 10 heteroatoms. The zero-order chi connectivity index (χ0) is 59.8. The Balaban J connectivity index is 4.12. The van der Waals surface area contributed by atoms with Crippen molar-refractivity contribution in [1.82, 2.24) is 0 Å². The number of phosphoric acid groups is 1. The highest BCUT2D eigenvalue weighted by Gasteiger charge is 2.27. The number of carbonyl (C=O) groups is 2. The minimum atomic E-state index is -4.41. The third-order valence-corrected chi connectivity index (χ3v) is 14.3. The summed E-state index contributed by atoms with van der Waals surface area (Å²) in [5.41, 5.74) is 0. The molecule has 1 N–H and O–H groups in total. The van der Waals surface area contributed by atoms with E-state index in [2.05, 4.69) is 160 Å². The third kappa shape index (κ3) is 65.0. The number of carbonyl (C=O) groups excluding carboxylic acids is 2. The van der Waals surface area contributed by atoms with E-state index in [4.69, 9.17) is 18.5 Å². The van der Waals surface area contributed by atoms with Crippen molar-refractivity contribution in [3.63, 3.8) is 0 Å². The number of hydrogen-bond donors (Lipinski definition) is 1. The Bertz CT molecular complexity index is 1890. The number of esters is 2. The number of phosphoric ester groups is 1. The number of rotatable bonds is 58. The Labute approximate surface area is 503 Å². The normalized spacial score (nSPS) is 14.2. The second kappa shape index (κ2) is 61.5. The van der Waals surface area contributed by atoms with E-state index in [1.807, 2.05) is 21.1 Å². The lowest BCUT2D eigenvalue weighted by Crippen LogP contribution is -2.37. The minimum absolute atomic E-state index is 0.0142. The molecule has 0 fully saturated rings. The van der Waals surface area contributed by atoms with Gasteiger partial charge in [0.25, 0.3) is 0 Å². The van der Waals surface area contributed by atoms with Crippen molar-refractivity contribution in [2.75, 3.05) is 47.5 Å². The first-order chi connectivity index (χ1) is 40.0. The minimum Gasteiger partial charge on any atom is -0.462 e. The number of hydrogen-bond acceptors (Lipinski definition) is 7. The molecule has 0 aliphatic rings. The van der Waals surface area contributed by atoms with Gasteiger partial charge in [-0.3, -0.25) is 18.6 Å². The fraction of sp³-hybridized carbons (Fsp3) is 0.639. The summed E-state index contributed by atoms with van der Waals surface area (Å²) in [6.45, 7) is 4.13. The molecule has 9 nitrogen and oxygen atoms in total. The Morgan fingerprint density at radius 3 is 1.01 bits per heavy atom. The van der Waals surface area contributed by atoms with Crippen LogP contribution in [0.25, 0.3) is 0 Å². The van der Waals surface area contributed by atoms with Crippen LogP contribution in [0, 0.1) is 0 Å². The molecule has 0 bridgehead atoms. The van der Waals surface area contributed by atoms with Gasteiger partial charge in [-0.1, -0.05) is 269 Å². The van der Waals surface area contributed by atoms with Gasteiger partial charge in [0.15, 0.2) is 6.10 Å². The van der Waals surface area contributed by atoms with Crippen LogP contribution < -0.4 is 0 Å². The van der Waals surface area contributed by atoms with Crippen molar-refractivity contribution in [1.29, 1.82) is 0 Å². The van der Waals surface area contributed by atoms with E-state index in [-0.39, 0.29) is 32.0 Å². The number of unbranched alkanes of at least 4 members (excludes halogenated alkanes) is 20. The van der Waals surface area contributed by atoms with Gasteiger partial charge in [0, 0.05) is 12.8 Å². The van der Waals surface area contributed by atoms with E-state index in [0.717, 1.165) is 96.3 Å². The predicted octanol–water partition coefficient (Wildman–Crippen LogP) is 21.0. The summed E-state index contributed by atoms with van der Waals surface area (Å²) >= 11 is 0. The van der Waals surface area contributed by atoms with E-state index in [9.17, 15) is 19.0 Å². The molecule has 0 heterocycles. The number of allylic oxidation sites excluding steroid dienone is 24. The number of ether oxygens (including phenoxy) is 2. The summed E-state index contributed by atoms with van der Waals surface area (Å²) in [5.74, 6) is -0.871. The van der Waals surface area contributed by atoms with Crippen molar-refractivity contribution < 1.29 is 42.1 Å². The van der Waals surface area contributed by atoms with Crippen LogP contribution in [-0.4, -0.2) is 74.9 Å². The van der Waals surface area contributed by atoms with Gasteiger partial charge in [0.2, 0.25) is 0 Å². The van der Waals surface area contributed by atoms with E-state index in [1.54, 1.807) is 0 Å². The first kappa shape index (κ1) is 77.9. The van der Waals surface area contributed by atoms with Gasteiger partial charge in [0.05, 0.1) is 27.7 Å². The summed E-state index contributed by atoms with van der Waals surface area (Å²) in [4.78, 5) is 35.8. The lowest BCUT2D eigenvalue weighted by molar-refractivity contribution is -0.870. The maximum absolute atomic E-state index is 12.8. The highest BCUT2D eigenvalue weighted by molar-refractivity contribution is 7.47. The Hall–Kier alpha value is -4.11. The standard InChI is InChI=1S/C72H120NO8P/c1-6-8-10-12-14-16-18-20-22-24-26-28-30-31-32-33-34-35-36-37-38-39-40-41-43-44-46-48-50-52-54-56-58-60-62-64-71(74)78-68-70(69-80-82(76,77)79-67-66-73(3,4)5)81-72(75)65-63-61-59-57-55-53-51-49-47-45-42-29-27-25-23-21-19-17-15-13-11-9-7-2/h8-11,14-17,20-23,26-29,31-32,45,47,51,53,57,59,70H,6-7,12-13,18-19,24-25,30,33-44,46,48-50,52,54-56,58,60-69H2,1-5H3/p+1/b10-8-,11-9-,16-14-,17-15-,22-20-,23-21-,28-26-,29-27-,32-31-,47-45-,53-51-,59-57-. The predicted molar refractivity (Wildman–Crippen MR) is 353 cm³/mol. The molecule has 0 saturated heterocycles. The van der Waals surface area contributed by atoms with Gasteiger partial charge in [-0.25, -0.2) is 4.57 Å². The molecule has 0 aliphatic carbocycles. The van der Waals surface area contributed by atoms with Crippen molar-refractivity contribution in [2.45, 2.75) is 251 Å². The number of quaternary nitrogens is 1. The Kier molecular flexibility index (Phi) is 58.4. The lowest BCUT2D eigenvalue weighted by atomic mass is 10.0. The van der Waals surface area contributed by atoms with Gasteiger partial charge >= 0.3 is 19.8 Å². The molecule has 0 aromatic heterocycles. The average molecular weight is 1160 g/mol. The van der Waals surface area contributed by atoms with Gasteiger partial charge in [-0.2, -0.15) is 0 Å². The molecular weight excluding hydrogens is 1040 g/mol. The molecule has 0 spiro atoms. The van der Waals surface area contributed by atoms with Crippen molar-refractivity contribution in [3.8, 4) is 0 Å². The van der Waals surface area contributed by atoms with Crippen LogP contribution >= 0.6 is 7.82 Å². The zero-order valence-corrected chi connectivity index (χ0v) is 53.8. The zero-order valence-electron chi connectivity index (χ0n) is 52.9. The van der Waals surface area contributed by atoms with Crippen molar-refractivity contribution in [2.24, 2.45) is 0 Å². The van der Waals surface area contributed by atoms with Crippen molar-refractivity contribution in [3.05, 3.63) is 146 Å². The lowest BCUT2D eigenvalue weighted by Gasteiger charge is -2.24. The molecule has 0 rings (SSSR count). The number of nitrogens with zero attached hydrogens (tertiary/aromatic N) is 1. The molecular formula is C72H121NO8P+. The summed E-state index contributed by atoms with van der Waals surface area (Å²) in [7, 11) is 1.43. The van der Waals surface area contributed by atoms with Crippen LogP contribution in [0.3, 0.4) is 0 Å². The van der Waals surface area contributed by atoms with Crippen LogP contribution in [0.15, 0.2) is 146 Å². The molecule has 82 heavy (non-hydrogen) atoms. The number of likely N-dealkylation sites (N-methyl/N-ethyl adjacent to an activating group) is 1. The van der Waals surface area contributed by atoms with Gasteiger partial charge in [0.1, 0.15) is 19.8 Å². The first-order valence-electron chi connectivity index (χ1n) is 32.6. The first-order valence-corrected chi connectivity index (χ1v) is 34.1. The molecule has 0 amide bonds. The summed E-state index contributed by atoms with van der Waals surface area (Å²) in [6.07, 6.45) is 91.0. The highest BCUT2D eigenvalue weighted by Crippen LogP contribution is 2.43. The molecule has 0 aromatic rings. The second-order valence-corrected chi connectivity index (χ2v) is 23.8. The van der Waals surface area contributed by atoms with Crippen LogP contribution in [0.4, 0.5) is 0 Å². The van der Waals surface area contributed by atoms with E-state index < -0.39 is 26.5 Å². The van der Waals surface area contributed by atoms with E-state index in [1.165, 1.54) is 109 Å². The van der Waals surface area contributed by atoms with E-state index in [0.29, 0.717) is 23.9 Å². The summed E-state index contributed by atoms with van der Waals surface area (Å²) in [5, 5.41) is 0. The molecule has 0 saturated carbocycles. The second-order valence-electron chi connectivity index (χ2n) is 22.4. The monoisotopic (exact) mass is 1160 g/mol. The molecule has 2 atom stereocenters. The maximum atomic E-state index is 12.8. The molecule has 0 aliphatic heterocycles. The Morgan fingerprint density at radius 2 is 0.671 bits per heavy atom. The van der Waals surface area contributed by atoms with Gasteiger partial charge < -0.3 is 18.9 Å². The van der Waals surface area contributed by atoms with Gasteiger partial charge in [-0.05, 0) is 109 Å². The topological polar surface area (TPSA) is 108 Å². The fourth-order valence-corrected chi connectivity index (χ4v) is 9.19. The van der Waals surface area contributed by atoms with Gasteiger partial charge in [-0.15, -0.1) is 0 Å². The van der Waals surface area contributed by atoms with Crippen LogP contribution in [0.5, 0.6) is 0 Å². The molecule has 2 unspecified atom stereocenters. The summed E-state index contributed by atoms with van der Waals surface area (Å²) < 4.78 is 34.6. The molecule has 0 aromatic carbocycles. The van der Waals surface area contributed by atoms with E-state index >= 15 is 0 Å². The average Bonchev–Trinajstić information content (AvgIpc) is 3.46. The quantitative estimate of drug-likeness (QED) is 0.0211. The molecule has 0 radical (unpaired) electrons. The smallest absolute Gasteiger partial charge is 0.462 e. The highest BCUT2D eigenvalue weighted by atomic mass is 31.2. The summed E-state index contributed by atoms with van der Waals surface area (Å²) in [6, 6.07) is 0. The van der Waals surface area contributed by atoms with Crippen LogP contribution in [0.2, 0.25) is 0 Å².